The molecule has 0 radical (unpaired) electrons. The van der Waals surface area contributed by atoms with Crippen molar-refractivity contribution in [3.63, 3.8) is 0 Å². The van der Waals surface area contributed by atoms with Gasteiger partial charge in [-0.15, -0.1) is 0 Å². The fraction of sp³-hybridized carbons (Fsp3) is 0.500. The molecule has 0 N–H and O–H groups in total. The predicted octanol–water partition coefficient (Wildman–Crippen LogP) is 1.46. The molecule has 46 valence electrons. The second-order valence-corrected chi connectivity index (χ2v) is 1.59. The largest absolute Gasteiger partial charge is 0.271 e. The predicted molar refractivity (Wildman–Crippen MR) is 36.7 cm³/mol. The van der Waals surface area contributed by atoms with E-state index in [1.807, 2.05) is 13.8 Å². The van der Waals surface area contributed by atoms with Crippen LogP contribution in [-0.4, -0.2) is 18.3 Å². The van der Waals surface area contributed by atoms with Crippen LogP contribution in [0.5, 0.6) is 0 Å². The van der Waals surface area contributed by atoms with E-state index < -0.39 is 0 Å². The number of nitrogens with zero attached hydrogens (tertiary/aromatic N) is 2. The van der Waals surface area contributed by atoms with E-state index in [-0.39, 0.29) is 0 Å². The van der Waals surface area contributed by atoms with Crippen molar-refractivity contribution in [2.45, 2.75) is 13.8 Å². The maximum absolute atomic E-state index is 3.69. The Kier molecular flexibility index (Phi) is 2.92. The van der Waals surface area contributed by atoms with Crippen LogP contribution in [0.3, 0.4) is 0 Å². The van der Waals surface area contributed by atoms with E-state index >= 15 is 0 Å². The highest BCUT2D eigenvalue weighted by Crippen LogP contribution is 1.97. The van der Waals surface area contributed by atoms with Gasteiger partial charge in [-0.3, -0.25) is 5.01 Å². The summed E-state index contributed by atoms with van der Waals surface area (Å²) in [5.41, 5.74) is 0.933. The van der Waals surface area contributed by atoms with Crippen LogP contribution >= 0.6 is 0 Å². The van der Waals surface area contributed by atoms with Gasteiger partial charge in [0.15, 0.2) is 0 Å². The fourth-order valence-corrected chi connectivity index (χ4v) is 0.491. The Bertz CT molecular complexity index is 96.7. The molecule has 0 rings (SSSR count). The van der Waals surface area contributed by atoms with E-state index in [0.717, 1.165) is 12.2 Å². The Hall–Kier alpha value is -0.790. The van der Waals surface area contributed by atoms with Crippen LogP contribution in [-0.2, 0) is 0 Å². The SMILES string of the molecule is C=NN(CC)C(=C)C. The minimum absolute atomic E-state index is 0.846. The van der Waals surface area contributed by atoms with Gasteiger partial charge < -0.3 is 0 Å². The average molecular weight is 112 g/mol. The first-order valence-corrected chi connectivity index (χ1v) is 2.62. The van der Waals surface area contributed by atoms with Crippen LogP contribution in [0.25, 0.3) is 0 Å². The Morgan fingerprint density at radius 1 is 1.75 bits per heavy atom. The highest BCUT2D eigenvalue weighted by Gasteiger charge is 1.91. The number of hydrogen-bond acceptors (Lipinski definition) is 2. The first-order chi connectivity index (χ1) is 3.72. The second-order valence-electron chi connectivity index (χ2n) is 1.59. The third-order valence-corrected chi connectivity index (χ3v) is 0.911. The summed E-state index contributed by atoms with van der Waals surface area (Å²) < 4.78 is 0. The van der Waals surface area contributed by atoms with Crippen molar-refractivity contribution < 1.29 is 0 Å². The van der Waals surface area contributed by atoms with E-state index in [2.05, 4.69) is 18.4 Å². The van der Waals surface area contributed by atoms with E-state index in [1.165, 1.54) is 0 Å². The van der Waals surface area contributed by atoms with E-state index in [9.17, 15) is 0 Å². The lowest BCUT2D eigenvalue weighted by Crippen LogP contribution is -2.11. The highest BCUT2D eigenvalue weighted by molar-refractivity contribution is 5.23. The van der Waals surface area contributed by atoms with Gasteiger partial charge in [-0.25, -0.2) is 0 Å². The van der Waals surface area contributed by atoms with Crippen LogP contribution in [0.4, 0.5) is 0 Å². The van der Waals surface area contributed by atoms with Crippen molar-refractivity contribution in [2.75, 3.05) is 6.54 Å². The number of allylic oxidation sites excluding steroid dienone is 1. The van der Waals surface area contributed by atoms with Crippen molar-refractivity contribution in [3.05, 3.63) is 12.3 Å². The summed E-state index contributed by atoms with van der Waals surface area (Å²) in [4.78, 5) is 0. The maximum atomic E-state index is 3.69. The summed E-state index contributed by atoms with van der Waals surface area (Å²) in [6, 6.07) is 0. The first kappa shape index (κ1) is 7.21. The normalized spacial score (nSPS) is 8.25. The minimum atomic E-state index is 0.846. The lowest BCUT2D eigenvalue weighted by molar-refractivity contribution is 0.391. The van der Waals surface area contributed by atoms with Crippen LogP contribution in [0.2, 0.25) is 0 Å². The monoisotopic (exact) mass is 112 g/mol. The average Bonchev–Trinajstić information content (AvgIpc) is 1.69. The Labute approximate surface area is 50.5 Å². The quantitative estimate of drug-likeness (QED) is 0.398. The molecular formula is C6H12N2. The molecule has 0 saturated heterocycles. The molecule has 0 heterocycles. The summed E-state index contributed by atoms with van der Waals surface area (Å²) in [7, 11) is 0. The third kappa shape index (κ3) is 1.78. The molecule has 0 aliphatic rings. The van der Waals surface area contributed by atoms with Crippen molar-refractivity contribution in [1.29, 1.82) is 0 Å². The Morgan fingerprint density at radius 3 is 2.25 bits per heavy atom. The standard InChI is InChI=1S/C6H12N2/c1-5-8(7-4)6(2)3/h2,4-5H2,1,3H3. The Balaban J connectivity index is 3.69. The van der Waals surface area contributed by atoms with Gasteiger partial charge in [0.05, 0.1) is 0 Å². The van der Waals surface area contributed by atoms with E-state index in [1.54, 1.807) is 5.01 Å². The molecular weight excluding hydrogens is 100 g/mol. The molecule has 0 atom stereocenters. The summed E-state index contributed by atoms with van der Waals surface area (Å²) in [6.45, 7) is 11.8. The molecule has 8 heavy (non-hydrogen) atoms. The van der Waals surface area contributed by atoms with Gasteiger partial charge >= 0.3 is 0 Å². The van der Waals surface area contributed by atoms with Crippen LogP contribution in [0.1, 0.15) is 13.8 Å². The summed E-state index contributed by atoms with van der Waals surface area (Å²) in [6.07, 6.45) is 0. The molecule has 0 aliphatic carbocycles. The number of rotatable bonds is 3. The molecule has 0 aromatic heterocycles. The van der Waals surface area contributed by atoms with Crippen LogP contribution in [0, 0.1) is 0 Å². The van der Waals surface area contributed by atoms with E-state index in [4.69, 9.17) is 0 Å². The highest BCUT2D eigenvalue weighted by atomic mass is 15.4. The smallest absolute Gasteiger partial charge is 0.0383 e. The molecule has 0 aromatic carbocycles. The molecule has 0 fully saturated rings. The zero-order chi connectivity index (χ0) is 6.57. The summed E-state index contributed by atoms with van der Waals surface area (Å²) in [5, 5.41) is 5.43. The van der Waals surface area contributed by atoms with Gasteiger partial charge in [-0.05, 0) is 13.8 Å². The number of hydrogen-bond donors (Lipinski definition) is 0. The Morgan fingerprint density at radius 2 is 2.25 bits per heavy atom. The van der Waals surface area contributed by atoms with Crippen molar-refractivity contribution >= 4 is 6.72 Å². The second kappa shape index (κ2) is 3.24. The molecule has 0 bridgehead atoms. The molecule has 0 aliphatic heterocycles. The number of hydrazone groups is 1. The van der Waals surface area contributed by atoms with Gasteiger partial charge in [-0.2, -0.15) is 5.10 Å². The molecule has 0 spiro atoms. The zero-order valence-corrected chi connectivity index (χ0v) is 5.52. The molecule has 0 aromatic rings. The lowest BCUT2D eigenvalue weighted by Gasteiger charge is -2.13. The first-order valence-electron chi connectivity index (χ1n) is 2.62. The van der Waals surface area contributed by atoms with Crippen molar-refractivity contribution in [2.24, 2.45) is 5.10 Å². The van der Waals surface area contributed by atoms with Gasteiger partial charge in [0.1, 0.15) is 0 Å². The maximum Gasteiger partial charge on any atom is 0.0383 e. The van der Waals surface area contributed by atoms with Gasteiger partial charge in [0, 0.05) is 19.0 Å². The van der Waals surface area contributed by atoms with Crippen LogP contribution in [0.15, 0.2) is 17.4 Å². The summed E-state index contributed by atoms with van der Waals surface area (Å²) >= 11 is 0. The van der Waals surface area contributed by atoms with Gasteiger partial charge in [0.25, 0.3) is 0 Å². The molecule has 0 saturated carbocycles. The van der Waals surface area contributed by atoms with Gasteiger partial charge in [0.2, 0.25) is 0 Å². The molecule has 2 heteroatoms. The third-order valence-electron chi connectivity index (χ3n) is 0.911. The molecule has 0 amide bonds. The fourth-order valence-electron chi connectivity index (χ4n) is 0.491. The molecule has 0 unspecified atom stereocenters. The minimum Gasteiger partial charge on any atom is -0.271 e. The topological polar surface area (TPSA) is 15.6 Å². The summed E-state index contributed by atoms with van der Waals surface area (Å²) in [5.74, 6) is 0. The molecule has 2 nitrogen and oxygen atoms in total. The van der Waals surface area contributed by atoms with Crippen molar-refractivity contribution in [1.82, 2.24) is 5.01 Å². The van der Waals surface area contributed by atoms with Crippen molar-refractivity contribution in [3.8, 4) is 0 Å². The van der Waals surface area contributed by atoms with Crippen LogP contribution < -0.4 is 0 Å². The zero-order valence-electron chi connectivity index (χ0n) is 5.52. The lowest BCUT2D eigenvalue weighted by atomic mass is 10.5. The van der Waals surface area contributed by atoms with E-state index in [0.29, 0.717) is 0 Å². The van der Waals surface area contributed by atoms with Gasteiger partial charge in [-0.1, -0.05) is 6.58 Å².